The highest BCUT2D eigenvalue weighted by Crippen LogP contribution is 2.25. The highest BCUT2D eigenvalue weighted by Gasteiger charge is 2.21. The second-order valence-corrected chi connectivity index (χ2v) is 5.78. The van der Waals surface area contributed by atoms with Crippen LogP contribution in [0.5, 0.6) is 0 Å². The Hall–Kier alpha value is -1.57. The summed E-state index contributed by atoms with van der Waals surface area (Å²) in [5.41, 5.74) is 4.92. The van der Waals surface area contributed by atoms with Crippen LogP contribution in [0.3, 0.4) is 0 Å². The third-order valence-electron chi connectivity index (χ3n) is 2.97. The van der Waals surface area contributed by atoms with Gasteiger partial charge in [-0.25, -0.2) is 4.79 Å². The average Bonchev–Trinajstić information content (AvgIpc) is 2.59. The lowest BCUT2D eigenvalue weighted by Gasteiger charge is -2.11. The number of hydrogen-bond donors (Lipinski definition) is 2. The van der Waals surface area contributed by atoms with E-state index in [1.165, 1.54) is 18.2 Å². The number of thioether (sulfide) groups is 1. The summed E-state index contributed by atoms with van der Waals surface area (Å²) in [6.07, 6.45) is 4.33. The number of aromatic nitrogens is 3. The van der Waals surface area contributed by atoms with Gasteiger partial charge in [0, 0.05) is 13.0 Å². The Morgan fingerprint density at radius 1 is 1.37 bits per heavy atom. The predicted octanol–water partition coefficient (Wildman–Crippen LogP) is 0.680. The van der Waals surface area contributed by atoms with Gasteiger partial charge in [-0.05, 0) is 19.8 Å². The van der Waals surface area contributed by atoms with Crippen LogP contribution < -0.4 is 11.1 Å². The van der Waals surface area contributed by atoms with Crippen LogP contribution in [0.25, 0.3) is 0 Å². The van der Waals surface area contributed by atoms with Crippen molar-refractivity contribution in [2.45, 2.75) is 49.6 Å². The lowest BCUT2D eigenvalue weighted by Crippen LogP contribution is -2.39. The van der Waals surface area contributed by atoms with Gasteiger partial charge in [-0.15, -0.1) is 10.2 Å². The van der Waals surface area contributed by atoms with E-state index in [9.17, 15) is 9.59 Å². The van der Waals surface area contributed by atoms with Gasteiger partial charge in [0.15, 0.2) is 5.16 Å². The second-order valence-electron chi connectivity index (χ2n) is 4.47. The highest BCUT2D eigenvalue weighted by molar-refractivity contribution is 8.00. The molecular formula is C11H17N5O2S. The van der Waals surface area contributed by atoms with Crippen LogP contribution in [0.1, 0.15) is 32.0 Å². The molecule has 2 heterocycles. The molecule has 1 aliphatic heterocycles. The van der Waals surface area contributed by atoms with Gasteiger partial charge in [-0.2, -0.15) is 0 Å². The molecule has 1 aromatic heterocycles. The van der Waals surface area contributed by atoms with E-state index in [-0.39, 0.29) is 0 Å². The summed E-state index contributed by atoms with van der Waals surface area (Å²) in [6.45, 7) is 2.59. The zero-order valence-corrected chi connectivity index (χ0v) is 11.6. The van der Waals surface area contributed by atoms with Gasteiger partial charge in [0.2, 0.25) is 5.91 Å². The van der Waals surface area contributed by atoms with Crippen molar-refractivity contribution in [3.05, 3.63) is 5.82 Å². The van der Waals surface area contributed by atoms with Gasteiger partial charge in [0.05, 0.1) is 5.25 Å². The maximum absolute atomic E-state index is 11.6. The smallest absolute Gasteiger partial charge is 0.318 e. The summed E-state index contributed by atoms with van der Waals surface area (Å²) in [5, 5.41) is 10.6. The first-order chi connectivity index (χ1) is 9.08. The SMILES string of the molecule is C[C@H](Sc1nnc2n1CCCCC2)C(=O)NC(N)=O. The van der Waals surface area contributed by atoms with Crippen LogP contribution >= 0.6 is 11.8 Å². The molecule has 0 radical (unpaired) electrons. The molecule has 0 saturated heterocycles. The Morgan fingerprint density at radius 3 is 2.89 bits per heavy atom. The number of nitrogens with one attached hydrogen (secondary N) is 1. The Kier molecular flexibility index (Phi) is 4.41. The van der Waals surface area contributed by atoms with Crippen molar-refractivity contribution in [2.24, 2.45) is 5.73 Å². The standard InChI is InChI=1S/C11H17N5O2S/c1-7(9(17)13-10(12)18)19-11-15-14-8-5-3-2-4-6-16(8)11/h7H,2-6H2,1H3,(H3,12,13,17,18)/t7-/m0/s1. The lowest BCUT2D eigenvalue weighted by atomic mass is 10.2. The first-order valence-corrected chi connectivity index (χ1v) is 7.15. The fourth-order valence-corrected chi connectivity index (χ4v) is 2.87. The van der Waals surface area contributed by atoms with Crippen molar-refractivity contribution in [3.8, 4) is 0 Å². The van der Waals surface area contributed by atoms with E-state index in [1.54, 1.807) is 6.92 Å². The van der Waals surface area contributed by atoms with E-state index in [1.807, 2.05) is 0 Å². The molecule has 1 aliphatic rings. The Balaban J connectivity index is 2.05. The number of aryl methyl sites for hydroxylation is 1. The minimum Gasteiger partial charge on any atom is -0.351 e. The zero-order valence-electron chi connectivity index (χ0n) is 10.8. The van der Waals surface area contributed by atoms with Crippen LogP contribution in [0.15, 0.2) is 5.16 Å². The summed E-state index contributed by atoms with van der Waals surface area (Å²) >= 11 is 1.29. The topological polar surface area (TPSA) is 103 Å². The number of urea groups is 1. The molecule has 0 spiro atoms. The average molecular weight is 283 g/mol. The number of rotatable bonds is 3. The Bertz CT molecular complexity index is 487. The molecule has 2 rings (SSSR count). The summed E-state index contributed by atoms with van der Waals surface area (Å²) in [4.78, 5) is 22.3. The number of nitrogens with two attached hydrogens (primary N) is 1. The normalized spacial score (nSPS) is 16.3. The van der Waals surface area contributed by atoms with Crippen molar-refractivity contribution in [1.29, 1.82) is 0 Å². The Morgan fingerprint density at radius 2 is 2.16 bits per heavy atom. The molecule has 0 aliphatic carbocycles. The molecule has 1 atom stereocenters. The van der Waals surface area contributed by atoms with Crippen molar-refractivity contribution in [2.75, 3.05) is 0 Å². The van der Waals surface area contributed by atoms with Gasteiger partial charge < -0.3 is 10.3 Å². The van der Waals surface area contributed by atoms with E-state index >= 15 is 0 Å². The third-order valence-corrected chi connectivity index (χ3v) is 4.05. The predicted molar refractivity (Wildman–Crippen MR) is 70.6 cm³/mol. The van der Waals surface area contributed by atoms with E-state index in [2.05, 4.69) is 20.1 Å². The largest absolute Gasteiger partial charge is 0.351 e. The van der Waals surface area contributed by atoms with E-state index in [0.717, 1.165) is 36.8 Å². The first kappa shape index (κ1) is 13.9. The van der Waals surface area contributed by atoms with Gasteiger partial charge in [-0.3, -0.25) is 10.1 Å². The minimum absolute atomic E-state index is 0.413. The number of carbonyl (C=O) groups is 2. The zero-order chi connectivity index (χ0) is 13.8. The summed E-state index contributed by atoms with van der Waals surface area (Å²) in [7, 11) is 0. The summed E-state index contributed by atoms with van der Waals surface area (Å²) in [6, 6.07) is -0.836. The molecule has 0 aromatic carbocycles. The van der Waals surface area contributed by atoms with E-state index in [0.29, 0.717) is 0 Å². The van der Waals surface area contributed by atoms with Crippen LogP contribution in [-0.2, 0) is 17.8 Å². The molecule has 1 aromatic rings. The molecule has 0 saturated carbocycles. The molecule has 0 bridgehead atoms. The number of nitrogens with zero attached hydrogens (tertiary/aromatic N) is 3. The maximum Gasteiger partial charge on any atom is 0.318 e. The van der Waals surface area contributed by atoms with Crippen LogP contribution in [-0.4, -0.2) is 32.0 Å². The quantitative estimate of drug-likeness (QED) is 0.794. The van der Waals surface area contributed by atoms with Gasteiger partial charge in [0.25, 0.3) is 0 Å². The first-order valence-electron chi connectivity index (χ1n) is 6.27. The number of imide groups is 1. The molecular weight excluding hydrogens is 266 g/mol. The fraction of sp³-hybridized carbons (Fsp3) is 0.636. The maximum atomic E-state index is 11.6. The third kappa shape index (κ3) is 3.46. The van der Waals surface area contributed by atoms with Gasteiger partial charge >= 0.3 is 6.03 Å². The molecule has 8 heteroatoms. The van der Waals surface area contributed by atoms with Crippen molar-refractivity contribution in [3.63, 3.8) is 0 Å². The van der Waals surface area contributed by atoms with E-state index < -0.39 is 17.2 Å². The number of hydrogen-bond acceptors (Lipinski definition) is 5. The van der Waals surface area contributed by atoms with Crippen LogP contribution in [0, 0.1) is 0 Å². The van der Waals surface area contributed by atoms with Gasteiger partial charge in [0.1, 0.15) is 5.82 Å². The molecule has 19 heavy (non-hydrogen) atoms. The lowest BCUT2D eigenvalue weighted by molar-refractivity contribution is -0.119. The van der Waals surface area contributed by atoms with Crippen molar-refractivity contribution in [1.82, 2.24) is 20.1 Å². The monoisotopic (exact) mass is 283 g/mol. The second kappa shape index (κ2) is 6.05. The van der Waals surface area contributed by atoms with Crippen molar-refractivity contribution < 1.29 is 9.59 Å². The molecule has 104 valence electrons. The van der Waals surface area contributed by atoms with Crippen LogP contribution in [0.4, 0.5) is 4.79 Å². The van der Waals surface area contributed by atoms with Gasteiger partial charge in [-0.1, -0.05) is 18.2 Å². The number of fused-ring (bicyclic) bond motifs is 1. The highest BCUT2D eigenvalue weighted by atomic mass is 32.2. The summed E-state index contributed by atoms with van der Waals surface area (Å²) in [5.74, 6) is 0.561. The molecule has 0 unspecified atom stereocenters. The molecule has 0 fully saturated rings. The molecule has 7 nitrogen and oxygen atoms in total. The Labute approximate surface area is 115 Å². The number of carbonyl (C=O) groups excluding carboxylic acids is 2. The molecule has 3 N–H and O–H groups in total. The molecule has 3 amide bonds. The number of amides is 3. The van der Waals surface area contributed by atoms with E-state index in [4.69, 9.17) is 5.73 Å². The number of primary amides is 1. The minimum atomic E-state index is -0.836. The summed E-state index contributed by atoms with van der Waals surface area (Å²) < 4.78 is 2.06. The van der Waals surface area contributed by atoms with Crippen molar-refractivity contribution >= 4 is 23.7 Å². The fourth-order valence-electron chi connectivity index (χ4n) is 1.98. The van der Waals surface area contributed by atoms with Crippen LogP contribution in [0.2, 0.25) is 0 Å².